The molecule has 0 aliphatic carbocycles. The number of allylic oxidation sites excluding steroid dienone is 1. The largest absolute Gasteiger partial charge is 0.315 e. The fourth-order valence-electron chi connectivity index (χ4n) is 3.43. The summed E-state index contributed by atoms with van der Waals surface area (Å²) in [5.41, 5.74) is 3.74. The average molecular weight is 382 g/mol. The van der Waals surface area contributed by atoms with Crippen LogP contribution in [-0.2, 0) is 4.79 Å². The first-order valence-electron chi connectivity index (χ1n) is 9.54. The molecule has 2 aromatic heterocycles. The number of carbonyl (C=O) groups is 1. The molecule has 0 saturated heterocycles. The summed E-state index contributed by atoms with van der Waals surface area (Å²) in [7, 11) is 1.81. The van der Waals surface area contributed by atoms with Crippen molar-refractivity contribution in [1.82, 2.24) is 14.5 Å². The number of hydrogen-bond acceptors (Lipinski definition) is 3. The van der Waals surface area contributed by atoms with Crippen LogP contribution in [0.5, 0.6) is 0 Å². The van der Waals surface area contributed by atoms with Gasteiger partial charge < -0.3 is 4.90 Å². The molecule has 0 N–H and O–H groups in total. The second-order valence-corrected chi connectivity index (χ2v) is 6.75. The third-order valence-electron chi connectivity index (χ3n) is 5.00. The highest BCUT2D eigenvalue weighted by Crippen LogP contribution is 2.30. The highest BCUT2D eigenvalue weighted by Gasteiger charge is 2.19. The lowest BCUT2D eigenvalue weighted by Gasteiger charge is -2.19. The fraction of sp³-hybridized carbons (Fsp3) is 0.125. The van der Waals surface area contributed by atoms with Crippen molar-refractivity contribution in [3.05, 3.63) is 90.9 Å². The van der Waals surface area contributed by atoms with Gasteiger partial charge in [0.25, 0.3) is 0 Å². The van der Waals surface area contributed by atoms with Gasteiger partial charge in [-0.2, -0.15) is 0 Å². The van der Waals surface area contributed by atoms with Crippen LogP contribution < -0.4 is 4.90 Å². The van der Waals surface area contributed by atoms with Crippen molar-refractivity contribution in [2.45, 2.75) is 13.3 Å². The Morgan fingerprint density at radius 1 is 1.00 bits per heavy atom. The molecule has 2 aromatic carbocycles. The number of anilines is 1. The molecule has 0 atom stereocenters. The number of rotatable bonds is 5. The van der Waals surface area contributed by atoms with Crippen LogP contribution in [0.15, 0.2) is 85.2 Å². The maximum absolute atomic E-state index is 13.0. The smallest absolute Gasteiger partial charge is 0.234 e. The zero-order chi connectivity index (χ0) is 20.2. The van der Waals surface area contributed by atoms with E-state index in [1.807, 2.05) is 66.1 Å². The third kappa shape index (κ3) is 3.67. The Morgan fingerprint density at radius 2 is 1.69 bits per heavy atom. The predicted molar refractivity (Wildman–Crippen MR) is 117 cm³/mol. The third-order valence-corrected chi connectivity index (χ3v) is 5.00. The topological polar surface area (TPSA) is 51.0 Å². The lowest BCUT2D eigenvalue weighted by atomic mass is 10.1. The minimum Gasteiger partial charge on any atom is -0.315 e. The van der Waals surface area contributed by atoms with Crippen molar-refractivity contribution < 1.29 is 4.79 Å². The summed E-state index contributed by atoms with van der Waals surface area (Å²) in [5.74, 6) is 0.613. The highest BCUT2D eigenvalue weighted by molar-refractivity contribution is 6.00. The minimum atomic E-state index is 0.0232. The van der Waals surface area contributed by atoms with Crippen LogP contribution in [0.2, 0.25) is 0 Å². The number of para-hydroxylation sites is 2. The van der Waals surface area contributed by atoms with Gasteiger partial charge in [0.2, 0.25) is 11.9 Å². The SMILES string of the molecule is C/C=C(\CC(=O)N(C)c1ccccc1)c1cc2ccccc2n1-c1ncccn1. The molecule has 4 aromatic rings. The zero-order valence-corrected chi connectivity index (χ0v) is 16.5. The molecule has 29 heavy (non-hydrogen) atoms. The second-order valence-electron chi connectivity index (χ2n) is 6.75. The van der Waals surface area contributed by atoms with E-state index in [1.165, 1.54) is 0 Å². The molecular formula is C24H22N4O. The number of amides is 1. The van der Waals surface area contributed by atoms with Gasteiger partial charge in [0.15, 0.2) is 0 Å². The van der Waals surface area contributed by atoms with Crippen molar-refractivity contribution in [1.29, 1.82) is 0 Å². The fourth-order valence-corrected chi connectivity index (χ4v) is 3.43. The Balaban J connectivity index is 1.74. The van der Waals surface area contributed by atoms with Gasteiger partial charge in [0.05, 0.1) is 17.6 Å². The molecule has 5 nitrogen and oxygen atoms in total. The van der Waals surface area contributed by atoms with E-state index in [4.69, 9.17) is 0 Å². The van der Waals surface area contributed by atoms with Crippen LogP contribution in [0.3, 0.4) is 0 Å². The van der Waals surface area contributed by atoms with Gasteiger partial charge in [-0.1, -0.05) is 42.5 Å². The summed E-state index contributed by atoms with van der Waals surface area (Å²) in [4.78, 5) is 23.6. The molecule has 4 rings (SSSR count). The van der Waals surface area contributed by atoms with Gasteiger partial charge in [-0.15, -0.1) is 0 Å². The molecule has 0 saturated carbocycles. The average Bonchev–Trinajstić information content (AvgIpc) is 3.17. The van der Waals surface area contributed by atoms with E-state index in [0.29, 0.717) is 5.95 Å². The Kier molecular flexibility index (Phi) is 5.20. The normalized spacial score (nSPS) is 11.6. The quantitative estimate of drug-likeness (QED) is 0.494. The Hall–Kier alpha value is -3.73. The van der Waals surface area contributed by atoms with Crippen molar-refractivity contribution in [2.75, 3.05) is 11.9 Å². The van der Waals surface area contributed by atoms with Gasteiger partial charge in [-0.05, 0) is 42.8 Å². The first-order valence-corrected chi connectivity index (χ1v) is 9.54. The molecule has 5 heteroatoms. The number of aromatic nitrogens is 3. The second kappa shape index (κ2) is 8.10. The van der Waals surface area contributed by atoms with Crippen LogP contribution in [0, 0.1) is 0 Å². The van der Waals surface area contributed by atoms with Crippen molar-refractivity contribution >= 4 is 28.1 Å². The van der Waals surface area contributed by atoms with Crippen molar-refractivity contribution in [3.8, 4) is 5.95 Å². The Bertz CT molecular complexity index is 1160. The van der Waals surface area contributed by atoms with Crippen LogP contribution in [0.1, 0.15) is 19.0 Å². The van der Waals surface area contributed by atoms with Crippen LogP contribution in [-0.4, -0.2) is 27.5 Å². The number of benzene rings is 2. The standard InChI is InChI=1S/C24H22N4O/c1-3-18(17-23(29)27(2)20-11-5-4-6-12-20)22-16-19-10-7-8-13-21(19)28(22)24-25-14-9-15-26-24/h3-16H,17H2,1-2H3/b18-3+. The van der Waals surface area contributed by atoms with Gasteiger partial charge in [-0.3, -0.25) is 9.36 Å². The zero-order valence-electron chi connectivity index (χ0n) is 16.5. The molecule has 0 aliphatic rings. The van der Waals surface area contributed by atoms with Gasteiger partial charge in [-0.25, -0.2) is 9.97 Å². The predicted octanol–water partition coefficient (Wildman–Crippen LogP) is 4.88. The van der Waals surface area contributed by atoms with E-state index in [2.05, 4.69) is 22.1 Å². The van der Waals surface area contributed by atoms with E-state index < -0.39 is 0 Å². The van der Waals surface area contributed by atoms with E-state index in [-0.39, 0.29) is 12.3 Å². The summed E-state index contributed by atoms with van der Waals surface area (Å²) < 4.78 is 2.01. The van der Waals surface area contributed by atoms with E-state index in [1.54, 1.807) is 30.4 Å². The monoisotopic (exact) mass is 382 g/mol. The molecule has 2 heterocycles. The molecule has 0 fully saturated rings. The summed E-state index contributed by atoms with van der Waals surface area (Å²) in [6.07, 6.45) is 5.73. The number of nitrogens with zero attached hydrogens (tertiary/aromatic N) is 4. The van der Waals surface area contributed by atoms with Crippen molar-refractivity contribution in [2.24, 2.45) is 0 Å². The van der Waals surface area contributed by atoms with E-state index in [0.717, 1.165) is 27.9 Å². The molecule has 0 aliphatic heterocycles. The van der Waals surface area contributed by atoms with Crippen molar-refractivity contribution in [3.63, 3.8) is 0 Å². The molecule has 0 unspecified atom stereocenters. The summed E-state index contributed by atoms with van der Waals surface area (Å²) in [5, 5.41) is 1.08. The van der Waals surface area contributed by atoms with Crippen LogP contribution >= 0.6 is 0 Å². The van der Waals surface area contributed by atoms with Crippen LogP contribution in [0.4, 0.5) is 5.69 Å². The lowest BCUT2D eigenvalue weighted by Crippen LogP contribution is -2.26. The molecular weight excluding hydrogens is 360 g/mol. The molecule has 0 bridgehead atoms. The van der Waals surface area contributed by atoms with E-state index in [9.17, 15) is 4.79 Å². The minimum absolute atomic E-state index is 0.0232. The summed E-state index contributed by atoms with van der Waals surface area (Å²) in [6, 6.07) is 21.7. The summed E-state index contributed by atoms with van der Waals surface area (Å²) in [6.45, 7) is 1.96. The highest BCUT2D eigenvalue weighted by atomic mass is 16.2. The Labute approximate surface area is 170 Å². The van der Waals surface area contributed by atoms with E-state index >= 15 is 0 Å². The summed E-state index contributed by atoms with van der Waals surface area (Å²) >= 11 is 0. The molecule has 1 amide bonds. The molecule has 144 valence electrons. The lowest BCUT2D eigenvalue weighted by molar-refractivity contribution is -0.117. The molecule has 0 spiro atoms. The first kappa shape index (κ1) is 18.6. The maximum atomic E-state index is 13.0. The van der Waals surface area contributed by atoms with Crippen LogP contribution in [0.25, 0.3) is 22.4 Å². The van der Waals surface area contributed by atoms with Gasteiger partial charge >= 0.3 is 0 Å². The Morgan fingerprint density at radius 3 is 2.41 bits per heavy atom. The number of fused-ring (bicyclic) bond motifs is 1. The molecule has 0 radical (unpaired) electrons. The van der Waals surface area contributed by atoms with Gasteiger partial charge in [0.1, 0.15) is 0 Å². The van der Waals surface area contributed by atoms with Gasteiger partial charge in [0, 0.05) is 30.5 Å². The first-order chi connectivity index (χ1) is 14.2. The number of carbonyl (C=O) groups excluding carboxylic acids is 1. The maximum Gasteiger partial charge on any atom is 0.234 e. The number of hydrogen-bond donors (Lipinski definition) is 0.